The predicted molar refractivity (Wildman–Crippen MR) is 111 cm³/mol. The van der Waals surface area contributed by atoms with Crippen LogP contribution in [0.4, 0.5) is 5.00 Å². The third-order valence-corrected chi connectivity index (χ3v) is 5.52. The topological polar surface area (TPSA) is 97.0 Å². The number of ether oxygens (including phenoxy) is 1. The molecule has 0 unspecified atom stereocenters. The lowest BCUT2D eigenvalue weighted by Crippen LogP contribution is -2.12. The SMILES string of the molecule is CCOC(=O)c1sc(NC(=O)c2ccc(-n3nc(C)cc3C)cc2)c(C#N)c1C. The molecule has 7 nitrogen and oxygen atoms in total. The highest BCUT2D eigenvalue weighted by Crippen LogP contribution is 2.33. The van der Waals surface area contributed by atoms with Crippen LogP contribution in [-0.2, 0) is 4.74 Å². The maximum Gasteiger partial charge on any atom is 0.348 e. The Kier molecular flexibility index (Phi) is 5.80. The molecule has 2 heterocycles. The molecule has 0 aliphatic carbocycles. The van der Waals surface area contributed by atoms with Crippen LogP contribution in [0.2, 0.25) is 0 Å². The van der Waals surface area contributed by atoms with E-state index in [0.717, 1.165) is 28.4 Å². The van der Waals surface area contributed by atoms with Crippen LogP contribution in [0.3, 0.4) is 0 Å². The third kappa shape index (κ3) is 4.05. The molecule has 0 saturated carbocycles. The van der Waals surface area contributed by atoms with Gasteiger partial charge in [-0.25, -0.2) is 9.48 Å². The highest BCUT2D eigenvalue weighted by molar-refractivity contribution is 7.18. The van der Waals surface area contributed by atoms with E-state index in [2.05, 4.69) is 16.5 Å². The normalized spacial score (nSPS) is 10.4. The molecule has 1 N–H and O–H groups in total. The number of anilines is 1. The molecule has 3 rings (SSSR count). The van der Waals surface area contributed by atoms with E-state index in [1.165, 1.54) is 0 Å². The van der Waals surface area contributed by atoms with Crippen LogP contribution in [0.25, 0.3) is 5.69 Å². The standard InChI is InChI=1S/C21H20N4O3S/c1-5-28-21(27)18-14(4)17(11-22)20(29-18)23-19(26)15-6-8-16(9-7-15)25-13(3)10-12(2)24-25/h6-10H,5H2,1-4H3,(H,23,26). The molecule has 0 bridgehead atoms. The zero-order valence-electron chi connectivity index (χ0n) is 16.6. The van der Waals surface area contributed by atoms with Gasteiger partial charge < -0.3 is 10.1 Å². The Morgan fingerprint density at radius 1 is 1.24 bits per heavy atom. The minimum Gasteiger partial charge on any atom is -0.462 e. The van der Waals surface area contributed by atoms with Crippen LogP contribution >= 0.6 is 11.3 Å². The van der Waals surface area contributed by atoms with Gasteiger partial charge in [0.1, 0.15) is 15.9 Å². The quantitative estimate of drug-likeness (QED) is 0.640. The second kappa shape index (κ2) is 8.29. The Labute approximate surface area is 172 Å². The highest BCUT2D eigenvalue weighted by Gasteiger charge is 2.22. The molecule has 0 aliphatic heterocycles. The largest absolute Gasteiger partial charge is 0.462 e. The van der Waals surface area contributed by atoms with Crippen molar-refractivity contribution in [2.24, 2.45) is 0 Å². The summed E-state index contributed by atoms with van der Waals surface area (Å²) in [5.74, 6) is -0.862. The molecule has 0 spiro atoms. The Balaban J connectivity index is 1.83. The number of nitriles is 1. The summed E-state index contributed by atoms with van der Waals surface area (Å²) in [6, 6.07) is 11.0. The number of aryl methyl sites for hydroxylation is 2. The average Bonchev–Trinajstić information content (AvgIpc) is 3.20. The molecule has 8 heteroatoms. The summed E-state index contributed by atoms with van der Waals surface area (Å²) in [4.78, 5) is 25.0. The van der Waals surface area contributed by atoms with Gasteiger partial charge in [-0.05, 0) is 63.6 Å². The Bertz CT molecular complexity index is 1120. The highest BCUT2D eigenvalue weighted by atomic mass is 32.1. The summed E-state index contributed by atoms with van der Waals surface area (Å²) >= 11 is 1.04. The van der Waals surface area contributed by atoms with Gasteiger partial charge in [0.2, 0.25) is 0 Å². The first-order valence-corrected chi connectivity index (χ1v) is 9.83. The molecule has 29 heavy (non-hydrogen) atoms. The summed E-state index contributed by atoms with van der Waals surface area (Å²) in [7, 11) is 0. The Morgan fingerprint density at radius 2 is 1.93 bits per heavy atom. The molecule has 1 aromatic carbocycles. The van der Waals surface area contributed by atoms with Crippen LogP contribution in [0.15, 0.2) is 30.3 Å². The number of carbonyl (C=O) groups excluding carboxylic acids is 2. The summed E-state index contributed by atoms with van der Waals surface area (Å²) in [6.45, 7) is 7.50. The number of rotatable bonds is 5. The van der Waals surface area contributed by atoms with Gasteiger partial charge in [0.15, 0.2) is 0 Å². The van der Waals surface area contributed by atoms with Crippen molar-refractivity contribution in [3.8, 4) is 11.8 Å². The molecule has 0 atom stereocenters. The maximum absolute atomic E-state index is 12.7. The Hall–Kier alpha value is -3.44. The van der Waals surface area contributed by atoms with Gasteiger partial charge in [-0.3, -0.25) is 4.79 Å². The van der Waals surface area contributed by atoms with Crippen LogP contribution in [0.1, 0.15) is 49.5 Å². The number of nitrogens with zero attached hydrogens (tertiary/aromatic N) is 3. The lowest BCUT2D eigenvalue weighted by Gasteiger charge is -2.07. The summed E-state index contributed by atoms with van der Waals surface area (Å²) < 4.78 is 6.82. The fourth-order valence-corrected chi connectivity index (χ4v) is 3.99. The molecule has 2 aromatic heterocycles. The van der Waals surface area contributed by atoms with Gasteiger partial charge in [-0.15, -0.1) is 11.3 Å². The molecule has 0 fully saturated rings. The van der Waals surface area contributed by atoms with Gasteiger partial charge in [0.25, 0.3) is 5.91 Å². The average molecular weight is 408 g/mol. The second-order valence-electron chi connectivity index (χ2n) is 6.43. The summed E-state index contributed by atoms with van der Waals surface area (Å²) in [5.41, 5.74) is 3.97. The van der Waals surface area contributed by atoms with E-state index in [-0.39, 0.29) is 18.1 Å². The minimum atomic E-state index is -0.499. The molecular weight excluding hydrogens is 388 g/mol. The van der Waals surface area contributed by atoms with E-state index in [0.29, 0.717) is 21.0 Å². The number of aromatic nitrogens is 2. The van der Waals surface area contributed by atoms with E-state index in [1.54, 1.807) is 30.7 Å². The number of amides is 1. The van der Waals surface area contributed by atoms with Gasteiger partial charge in [0.05, 0.1) is 23.6 Å². The summed E-state index contributed by atoms with van der Waals surface area (Å²) in [5, 5.41) is 16.9. The van der Waals surface area contributed by atoms with Crippen molar-refractivity contribution in [3.05, 3.63) is 63.3 Å². The van der Waals surface area contributed by atoms with Gasteiger partial charge in [0, 0.05) is 11.3 Å². The fraction of sp³-hybridized carbons (Fsp3) is 0.238. The number of nitrogens with one attached hydrogen (secondary N) is 1. The van der Waals surface area contributed by atoms with E-state index in [1.807, 2.05) is 32.0 Å². The number of benzene rings is 1. The van der Waals surface area contributed by atoms with Crippen molar-refractivity contribution in [3.63, 3.8) is 0 Å². The van der Waals surface area contributed by atoms with E-state index >= 15 is 0 Å². The molecule has 0 radical (unpaired) electrons. The van der Waals surface area contributed by atoms with Crippen molar-refractivity contribution in [2.45, 2.75) is 27.7 Å². The van der Waals surface area contributed by atoms with E-state index in [4.69, 9.17) is 4.74 Å². The van der Waals surface area contributed by atoms with Gasteiger partial charge in [-0.2, -0.15) is 10.4 Å². The molecule has 0 aliphatic rings. The van der Waals surface area contributed by atoms with Crippen molar-refractivity contribution in [2.75, 3.05) is 11.9 Å². The van der Waals surface area contributed by atoms with Crippen molar-refractivity contribution >= 4 is 28.2 Å². The zero-order valence-corrected chi connectivity index (χ0v) is 17.4. The Morgan fingerprint density at radius 3 is 2.48 bits per heavy atom. The van der Waals surface area contributed by atoms with Gasteiger partial charge in [-0.1, -0.05) is 0 Å². The smallest absolute Gasteiger partial charge is 0.348 e. The molecular formula is C21H20N4O3S. The third-order valence-electron chi connectivity index (χ3n) is 4.33. The number of thiophene rings is 1. The van der Waals surface area contributed by atoms with Crippen molar-refractivity contribution < 1.29 is 14.3 Å². The number of esters is 1. The first-order valence-electron chi connectivity index (χ1n) is 9.01. The van der Waals surface area contributed by atoms with Crippen LogP contribution in [0.5, 0.6) is 0 Å². The molecule has 0 saturated heterocycles. The summed E-state index contributed by atoms with van der Waals surface area (Å²) in [6.07, 6.45) is 0. The number of carbonyl (C=O) groups is 2. The van der Waals surface area contributed by atoms with Gasteiger partial charge >= 0.3 is 5.97 Å². The molecule has 1 amide bonds. The van der Waals surface area contributed by atoms with Crippen molar-refractivity contribution in [1.82, 2.24) is 9.78 Å². The first-order chi connectivity index (χ1) is 13.8. The lowest BCUT2D eigenvalue weighted by atomic mass is 10.1. The number of hydrogen-bond donors (Lipinski definition) is 1. The maximum atomic E-state index is 12.7. The van der Waals surface area contributed by atoms with E-state index < -0.39 is 5.97 Å². The fourth-order valence-electron chi connectivity index (χ4n) is 2.95. The number of hydrogen-bond acceptors (Lipinski definition) is 6. The minimum absolute atomic E-state index is 0.237. The second-order valence-corrected chi connectivity index (χ2v) is 7.45. The first kappa shape index (κ1) is 20.3. The van der Waals surface area contributed by atoms with Crippen LogP contribution < -0.4 is 5.32 Å². The van der Waals surface area contributed by atoms with E-state index in [9.17, 15) is 14.9 Å². The lowest BCUT2D eigenvalue weighted by molar-refractivity contribution is 0.0531. The van der Waals surface area contributed by atoms with Crippen molar-refractivity contribution in [1.29, 1.82) is 5.26 Å². The van der Waals surface area contributed by atoms with Crippen LogP contribution in [-0.4, -0.2) is 28.3 Å². The van der Waals surface area contributed by atoms with Crippen LogP contribution in [0, 0.1) is 32.1 Å². The molecule has 148 valence electrons. The molecule has 3 aromatic rings. The zero-order chi connectivity index (χ0) is 21.1. The predicted octanol–water partition coefficient (Wildman–Crippen LogP) is 4.16. The monoisotopic (exact) mass is 408 g/mol.